The Morgan fingerprint density at radius 1 is 1.21 bits per heavy atom. The highest BCUT2D eigenvalue weighted by molar-refractivity contribution is 4.89. The number of fused-ring (bicyclic) bond motifs is 1. The molecule has 4 atom stereocenters. The van der Waals surface area contributed by atoms with Gasteiger partial charge in [-0.3, -0.25) is 5.32 Å². The quantitative estimate of drug-likeness (QED) is 0.779. The number of nitrogens with one attached hydrogen (secondary N) is 1. The predicted octanol–water partition coefficient (Wildman–Crippen LogP) is 0.971. The summed E-state index contributed by atoms with van der Waals surface area (Å²) in [6.07, 6.45) is 7.98. The molecule has 2 heterocycles. The van der Waals surface area contributed by atoms with E-state index in [1.165, 1.54) is 32.1 Å². The highest BCUT2D eigenvalue weighted by Crippen LogP contribution is 2.32. The van der Waals surface area contributed by atoms with Gasteiger partial charge in [0, 0.05) is 0 Å². The van der Waals surface area contributed by atoms with Gasteiger partial charge in [0.15, 0.2) is 0 Å². The Balaban J connectivity index is 1.57. The summed E-state index contributed by atoms with van der Waals surface area (Å²) < 4.78 is 17.7. The minimum Gasteiger partial charge on any atom is -0.369 e. The summed E-state index contributed by atoms with van der Waals surface area (Å²) in [5.74, 6) is 0.672. The van der Waals surface area contributed by atoms with E-state index in [0.717, 1.165) is 6.42 Å². The van der Waals surface area contributed by atoms with Gasteiger partial charge in [0.1, 0.15) is 18.4 Å². The molecule has 0 radical (unpaired) electrons. The Bertz CT molecular complexity index is 284. The van der Waals surface area contributed by atoms with Gasteiger partial charge in [0.05, 0.1) is 19.4 Å². The molecule has 0 aromatic rings. The molecule has 0 aromatic heterocycles. The fourth-order valence-corrected chi connectivity index (χ4v) is 3.61. The second kappa shape index (κ2) is 6.50. The van der Waals surface area contributed by atoms with Gasteiger partial charge in [-0.15, -0.1) is 0 Å². The second-order valence-electron chi connectivity index (χ2n) is 5.92. The third-order valence-electron chi connectivity index (χ3n) is 4.64. The molecule has 3 rings (SSSR count). The first-order valence-electron chi connectivity index (χ1n) is 7.70. The lowest BCUT2D eigenvalue weighted by Crippen LogP contribution is -2.39. The second-order valence-corrected chi connectivity index (χ2v) is 5.92. The molecule has 0 amide bonds. The van der Waals surface area contributed by atoms with Gasteiger partial charge in [-0.1, -0.05) is 19.3 Å². The standard InChI is InChI=1S/C14H26N2O3/c15-7-6-11(10-4-2-1-3-5-10)19-12-8-17-14-13(12)18-9-16-14/h10-14,16H,1-9,15H2. The summed E-state index contributed by atoms with van der Waals surface area (Å²) in [5, 5.41) is 3.18. The van der Waals surface area contributed by atoms with E-state index in [1.807, 2.05) is 0 Å². The highest BCUT2D eigenvalue weighted by Gasteiger charge is 2.44. The summed E-state index contributed by atoms with van der Waals surface area (Å²) in [5.41, 5.74) is 5.76. The Hall–Kier alpha value is -0.200. The van der Waals surface area contributed by atoms with Crippen molar-refractivity contribution in [1.29, 1.82) is 0 Å². The average Bonchev–Trinajstić information content (AvgIpc) is 3.04. The number of rotatable bonds is 5. The molecule has 0 spiro atoms. The van der Waals surface area contributed by atoms with Gasteiger partial charge in [-0.2, -0.15) is 0 Å². The molecule has 3 fully saturated rings. The zero-order chi connectivity index (χ0) is 13.1. The maximum absolute atomic E-state index is 6.34. The minimum atomic E-state index is 0.0230. The van der Waals surface area contributed by atoms with Crippen LogP contribution in [0.1, 0.15) is 38.5 Å². The van der Waals surface area contributed by atoms with Crippen LogP contribution < -0.4 is 11.1 Å². The van der Waals surface area contributed by atoms with E-state index in [1.54, 1.807) is 0 Å². The third kappa shape index (κ3) is 3.11. The molecule has 0 bridgehead atoms. The fourth-order valence-electron chi connectivity index (χ4n) is 3.61. The zero-order valence-corrected chi connectivity index (χ0v) is 11.6. The Morgan fingerprint density at radius 3 is 2.84 bits per heavy atom. The van der Waals surface area contributed by atoms with Gasteiger partial charge in [-0.05, 0) is 31.7 Å². The van der Waals surface area contributed by atoms with Crippen molar-refractivity contribution in [3.8, 4) is 0 Å². The van der Waals surface area contributed by atoms with Gasteiger partial charge in [0.25, 0.3) is 0 Å². The van der Waals surface area contributed by atoms with Gasteiger partial charge in [-0.25, -0.2) is 0 Å². The first-order valence-corrected chi connectivity index (χ1v) is 7.70. The molecule has 1 aliphatic carbocycles. The number of ether oxygens (including phenoxy) is 3. The molecule has 3 aliphatic rings. The van der Waals surface area contributed by atoms with E-state index in [-0.39, 0.29) is 24.5 Å². The first-order chi connectivity index (χ1) is 9.38. The number of hydrogen-bond donors (Lipinski definition) is 2. The lowest BCUT2D eigenvalue weighted by Gasteiger charge is -2.32. The SMILES string of the molecule is NCCC(OC1COC2NCOC12)C1CCCCC1. The molecule has 2 aliphatic heterocycles. The van der Waals surface area contributed by atoms with E-state index in [9.17, 15) is 0 Å². The van der Waals surface area contributed by atoms with E-state index < -0.39 is 0 Å². The van der Waals surface area contributed by atoms with Gasteiger partial charge in [0.2, 0.25) is 0 Å². The largest absolute Gasteiger partial charge is 0.369 e. The van der Waals surface area contributed by atoms with Crippen LogP contribution in [-0.4, -0.2) is 44.4 Å². The first kappa shape index (κ1) is 13.8. The monoisotopic (exact) mass is 270 g/mol. The fraction of sp³-hybridized carbons (Fsp3) is 1.00. The van der Waals surface area contributed by atoms with Crippen molar-refractivity contribution in [3.63, 3.8) is 0 Å². The molecular weight excluding hydrogens is 244 g/mol. The van der Waals surface area contributed by atoms with E-state index in [4.69, 9.17) is 19.9 Å². The van der Waals surface area contributed by atoms with Crippen LogP contribution in [0, 0.1) is 5.92 Å². The minimum absolute atomic E-state index is 0.0230. The van der Waals surface area contributed by atoms with Crippen LogP contribution >= 0.6 is 0 Å². The molecule has 4 unspecified atom stereocenters. The van der Waals surface area contributed by atoms with Crippen LogP contribution in [0.25, 0.3) is 0 Å². The smallest absolute Gasteiger partial charge is 0.139 e. The maximum Gasteiger partial charge on any atom is 0.139 e. The summed E-state index contributed by atoms with van der Waals surface area (Å²) in [4.78, 5) is 0. The Morgan fingerprint density at radius 2 is 2.05 bits per heavy atom. The van der Waals surface area contributed by atoms with Crippen molar-refractivity contribution in [2.75, 3.05) is 19.9 Å². The molecule has 0 aromatic carbocycles. The summed E-state index contributed by atoms with van der Waals surface area (Å²) in [7, 11) is 0. The van der Waals surface area contributed by atoms with Crippen molar-refractivity contribution in [2.24, 2.45) is 11.7 Å². The van der Waals surface area contributed by atoms with Crippen LogP contribution in [0.2, 0.25) is 0 Å². The number of hydrogen-bond acceptors (Lipinski definition) is 5. The van der Waals surface area contributed by atoms with Gasteiger partial charge >= 0.3 is 0 Å². The zero-order valence-electron chi connectivity index (χ0n) is 11.6. The Labute approximate surface area is 115 Å². The van der Waals surface area contributed by atoms with Crippen LogP contribution in [0.3, 0.4) is 0 Å². The molecular formula is C14H26N2O3. The number of nitrogens with two attached hydrogens (primary N) is 1. The molecule has 5 nitrogen and oxygen atoms in total. The van der Waals surface area contributed by atoms with E-state index in [0.29, 0.717) is 25.8 Å². The lowest BCUT2D eigenvalue weighted by atomic mass is 9.84. The molecule has 110 valence electrons. The van der Waals surface area contributed by atoms with Crippen molar-refractivity contribution >= 4 is 0 Å². The molecule has 2 saturated heterocycles. The Kier molecular flexibility index (Phi) is 4.71. The molecule has 5 heteroatoms. The van der Waals surface area contributed by atoms with E-state index >= 15 is 0 Å². The highest BCUT2D eigenvalue weighted by atomic mass is 16.6. The average molecular weight is 270 g/mol. The van der Waals surface area contributed by atoms with Crippen LogP contribution in [-0.2, 0) is 14.2 Å². The summed E-state index contributed by atoms with van der Waals surface area (Å²) in [6.45, 7) is 1.90. The van der Waals surface area contributed by atoms with Crippen molar-refractivity contribution in [1.82, 2.24) is 5.32 Å². The molecule has 19 heavy (non-hydrogen) atoms. The summed E-state index contributed by atoms with van der Waals surface area (Å²) in [6, 6.07) is 0. The lowest BCUT2D eigenvalue weighted by molar-refractivity contribution is -0.0951. The normalized spacial score (nSPS) is 37.4. The van der Waals surface area contributed by atoms with Crippen LogP contribution in [0.5, 0.6) is 0 Å². The van der Waals surface area contributed by atoms with Crippen molar-refractivity contribution in [2.45, 2.75) is 63.1 Å². The van der Waals surface area contributed by atoms with Gasteiger partial charge < -0.3 is 19.9 Å². The third-order valence-corrected chi connectivity index (χ3v) is 4.64. The topological polar surface area (TPSA) is 65.7 Å². The molecule has 3 N–H and O–H groups in total. The maximum atomic E-state index is 6.34. The van der Waals surface area contributed by atoms with Crippen molar-refractivity contribution < 1.29 is 14.2 Å². The molecule has 1 saturated carbocycles. The van der Waals surface area contributed by atoms with Crippen molar-refractivity contribution in [3.05, 3.63) is 0 Å². The summed E-state index contributed by atoms with van der Waals surface area (Å²) >= 11 is 0. The van der Waals surface area contributed by atoms with Crippen LogP contribution in [0.15, 0.2) is 0 Å². The predicted molar refractivity (Wildman–Crippen MR) is 71.5 cm³/mol. The van der Waals surface area contributed by atoms with E-state index in [2.05, 4.69) is 5.32 Å². The van der Waals surface area contributed by atoms with Crippen LogP contribution in [0.4, 0.5) is 0 Å².